The number of morpholine rings is 1. The zero-order chi connectivity index (χ0) is 26.6. The van der Waals surface area contributed by atoms with E-state index in [0.29, 0.717) is 47.5 Å². The van der Waals surface area contributed by atoms with Crippen molar-refractivity contribution in [3.63, 3.8) is 0 Å². The molecule has 8 nitrogen and oxygen atoms in total. The Morgan fingerprint density at radius 3 is 2.71 bits per heavy atom. The lowest BCUT2D eigenvalue weighted by Gasteiger charge is -2.33. The van der Waals surface area contributed by atoms with Crippen molar-refractivity contribution in [3.05, 3.63) is 88.8 Å². The molecule has 2 aromatic heterocycles. The van der Waals surface area contributed by atoms with Gasteiger partial charge in [-0.3, -0.25) is 9.59 Å². The molecule has 4 aromatic rings. The molecule has 1 fully saturated rings. The molecule has 2 amide bonds. The number of hydrogen-bond acceptors (Lipinski definition) is 6. The van der Waals surface area contributed by atoms with Gasteiger partial charge in [-0.25, -0.2) is 4.98 Å². The van der Waals surface area contributed by atoms with Crippen molar-refractivity contribution >= 4 is 46.3 Å². The van der Waals surface area contributed by atoms with Crippen LogP contribution in [0.1, 0.15) is 28.6 Å². The lowest BCUT2D eigenvalue weighted by Crippen LogP contribution is -2.47. The number of nitrogens with one attached hydrogen (secondary N) is 1. The van der Waals surface area contributed by atoms with E-state index >= 15 is 0 Å². The van der Waals surface area contributed by atoms with Crippen molar-refractivity contribution in [1.82, 2.24) is 15.2 Å². The molecule has 9 heteroatoms. The first-order valence-electron chi connectivity index (χ1n) is 12.3. The average Bonchev–Trinajstić information content (AvgIpc) is 3.35. The number of carbonyl (C=O) groups excluding carboxylic acids is 2. The topological polar surface area (TPSA) is 111 Å². The summed E-state index contributed by atoms with van der Waals surface area (Å²) in [6.45, 7) is 3.90. The summed E-state index contributed by atoms with van der Waals surface area (Å²) < 4.78 is 11.3. The molecule has 38 heavy (non-hydrogen) atoms. The summed E-state index contributed by atoms with van der Waals surface area (Å²) in [5.41, 5.74) is 9.36. The molecule has 194 valence electrons. The van der Waals surface area contributed by atoms with E-state index in [1.165, 1.54) is 6.08 Å². The summed E-state index contributed by atoms with van der Waals surface area (Å²) in [7, 11) is 0. The Hall–Kier alpha value is -4.14. The monoisotopic (exact) mass is 530 g/mol. The fourth-order valence-electron chi connectivity index (χ4n) is 4.34. The van der Waals surface area contributed by atoms with Gasteiger partial charge in [0.05, 0.1) is 30.8 Å². The molecule has 3 N–H and O–H groups in total. The molecule has 2 aromatic carbocycles. The van der Waals surface area contributed by atoms with Gasteiger partial charge in [-0.05, 0) is 72.2 Å². The Kier molecular flexibility index (Phi) is 7.44. The van der Waals surface area contributed by atoms with Crippen molar-refractivity contribution in [2.45, 2.75) is 19.5 Å². The number of aromatic nitrogens is 1. The van der Waals surface area contributed by atoms with Crippen molar-refractivity contribution in [2.24, 2.45) is 0 Å². The predicted molar refractivity (Wildman–Crippen MR) is 148 cm³/mol. The molecule has 5 rings (SSSR count). The third kappa shape index (κ3) is 5.72. The number of anilines is 1. The fourth-order valence-corrected chi connectivity index (χ4v) is 4.60. The Morgan fingerprint density at radius 1 is 1.16 bits per heavy atom. The molecule has 1 aliphatic rings. The predicted octanol–water partition coefficient (Wildman–Crippen LogP) is 4.92. The van der Waals surface area contributed by atoms with Crippen LogP contribution in [0.4, 0.5) is 5.82 Å². The number of nitrogens with zero attached hydrogens (tertiary/aromatic N) is 2. The van der Waals surface area contributed by atoms with E-state index in [2.05, 4.69) is 10.3 Å². The maximum atomic E-state index is 12.9. The molecule has 0 spiro atoms. The summed E-state index contributed by atoms with van der Waals surface area (Å²) in [6, 6.07) is 16.7. The second-order valence-corrected chi connectivity index (χ2v) is 9.56. The van der Waals surface area contributed by atoms with Gasteiger partial charge in [0, 0.05) is 29.8 Å². The molecule has 1 aliphatic heterocycles. The first kappa shape index (κ1) is 25.5. The van der Waals surface area contributed by atoms with E-state index in [1.807, 2.05) is 54.3 Å². The van der Waals surface area contributed by atoms with Crippen LogP contribution in [-0.2, 0) is 16.1 Å². The van der Waals surface area contributed by atoms with Crippen LogP contribution in [-0.4, -0.2) is 47.5 Å². The smallest absolute Gasteiger partial charge is 0.254 e. The van der Waals surface area contributed by atoms with Crippen LogP contribution in [0.2, 0.25) is 5.02 Å². The summed E-state index contributed by atoms with van der Waals surface area (Å²) in [4.78, 5) is 31.0. The second kappa shape index (κ2) is 11.1. The number of pyridine rings is 1. The van der Waals surface area contributed by atoms with Gasteiger partial charge in [0.25, 0.3) is 5.91 Å². The quantitative estimate of drug-likeness (QED) is 0.342. The number of furan rings is 1. The maximum absolute atomic E-state index is 12.9. The highest BCUT2D eigenvalue weighted by Gasteiger charge is 2.24. The van der Waals surface area contributed by atoms with E-state index in [-0.39, 0.29) is 24.4 Å². The van der Waals surface area contributed by atoms with Gasteiger partial charge >= 0.3 is 0 Å². The highest BCUT2D eigenvalue weighted by atomic mass is 35.5. The second-order valence-electron chi connectivity index (χ2n) is 9.16. The van der Waals surface area contributed by atoms with Crippen molar-refractivity contribution < 1.29 is 18.7 Å². The van der Waals surface area contributed by atoms with E-state index in [0.717, 1.165) is 22.1 Å². The molecule has 1 saturated heterocycles. The van der Waals surface area contributed by atoms with Crippen molar-refractivity contribution in [1.29, 1.82) is 0 Å². The molecule has 0 aliphatic carbocycles. The molecular weight excluding hydrogens is 504 g/mol. The largest absolute Gasteiger partial charge is 0.458 e. The number of carbonyl (C=O) groups is 2. The average molecular weight is 531 g/mol. The van der Waals surface area contributed by atoms with Crippen LogP contribution in [0.15, 0.2) is 71.3 Å². The van der Waals surface area contributed by atoms with Gasteiger partial charge in [0.15, 0.2) is 5.58 Å². The highest BCUT2D eigenvalue weighted by Crippen LogP contribution is 2.33. The highest BCUT2D eigenvalue weighted by molar-refractivity contribution is 6.35. The summed E-state index contributed by atoms with van der Waals surface area (Å²) in [6.07, 6.45) is 4.67. The number of hydrogen-bond donors (Lipinski definition) is 2. The van der Waals surface area contributed by atoms with Gasteiger partial charge < -0.3 is 25.1 Å². The Balaban J connectivity index is 1.26. The van der Waals surface area contributed by atoms with Gasteiger partial charge in [-0.2, -0.15) is 0 Å². The molecule has 0 bridgehead atoms. The van der Waals surface area contributed by atoms with E-state index in [4.69, 9.17) is 26.5 Å². The molecule has 0 unspecified atom stereocenters. The number of halogens is 1. The van der Waals surface area contributed by atoms with Crippen LogP contribution >= 0.6 is 11.6 Å². The summed E-state index contributed by atoms with van der Waals surface area (Å²) >= 11 is 6.54. The lowest BCUT2D eigenvalue weighted by molar-refractivity contribution is -0.116. The Labute approximate surface area is 225 Å². The van der Waals surface area contributed by atoms with E-state index in [1.54, 1.807) is 24.4 Å². The summed E-state index contributed by atoms with van der Waals surface area (Å²) in [5.74, 6) is 0.733. The standard InChI is InChI=1S/C29H27ClN4O4/c1-18-17-37-11-10-34(18)29(36)21-6-4-20(5-7-21)22-12-23-13-24(38-28(23)25(30)14-22)16-33-27(35)9-3-19-2-8-26(31)32-15-19/h2-9,12-15,18H,10-11,16-17H2,1H3,(H2,31,32)(H,33,35)/b9-3+/t18-/m1/s1. The summed E-state index contributed by atoms with van der Waals surface area (Å²) in [5, 5.41) is 4.09. The number of nitrogens with two attached hydrogens (primary N) is 1. The van der Waals surface area contributed by atoms with Crippen LogP contribution in [0.3, 0.4) is 0 Å². The molecular formula is C29H27ClN4O4. The van der Waals surface area contributed by atoms with Gasteiger partial charge in [-0.15, -0.1) is 0 Å². The zero-order valence-corrected chi connectivity index (χ0v) is 21.6. The normalized spacial score (nSPS) is 15.7. The van der Waals surface area contributed by atoms with Crippen molar-refractivity contribution in [2.75, 3.05) is 25.5 Å². The number of fused-ring (bicyclic) bond motifs is 1. The first-order chi connectivity index (χ1) is 18.4. The molecule has 3 heterocycles. The van der Waals surface area contributed by atoms with Gasteiger partial charge in [-0.1, -0.05) is 23.7 Å². The number of benzene rings is 2. The minimum absolute atomic E-state index is 0.00216. The van der Waals surface area contributed by atoms with Crippen LogP contribution in [0, 0.1) is 0 Å². The van der Waals surface area contributed by atoms with Crippen LogP contribution in [0.25, 0.3) is 28.2 Å². The van der Waals surface area contributed by atoms with E-state index in [9.17, 15) is 9.59 Å². The number of amides is 2. The zero-order valence-electron chi connectivity index (χ0n) is 20.8. The molecule has 1 atom stereocenters. The van der Waals surface area contributed by atoms with Gasteiger partial charge in [0.1, 0.15) is 11.6 Å². The minimum Gasteiger partial charge on any atom is -0.458 e. The van der Waals surface area contributed by atoms with Crippen LogP contribution in [0.5, 0.6) is 0 Å². The third-order valence-corrected chi connectivity index (χ3v) is 6.67. The number of nitrogen functional groups attached to an aromatic ring is 1. The minimum atomic E-state index is -0.268. The Morgan fingerprint density at radius 2 is 1.97 bits per heavy atom. The number of ether oxygens (including phenoxy) is 1. The fraction of sp³-hybridized carbons (Fsp3) is 0.207. The van der Waals surface area contributed by atoms with Gasteiger partial charge in [0.2, 0.25) is 5.91 Å². The molecule has 0 radical (unpaired) electrons. The third-order valence-electron chi connectivity index (χ3n) is 6.39. The van der Waals surface area contributed by atoms with Crippen molar-refractivity contribution in [3.8, 4) is 11.1 Å². The van der Waals surface area contributed by atoms with E-state index < -0.39 is 0 Å². The lowest BCUT2D eigenvalue weighted by atomic mass is 10.0. The van der Waals surface area contributed by atoms with Crippen LogP contribution < -0.4 is 11.1 Å². The Bertz CT molecular complexity index is 1500. The SMILES string of the molecule is C[C@@H]1COCCN1C(=O)c1ccc(-c2cc(Cl)c3oc(CNC(=O)/C=C/c4ccc(N)nc4)cc3c2)cc1. The number of rotatable bonds is 6. The molecule has 0 saturated carbocycles. The first-order valence-corrected chi connectivity index (χ1v) is 12.6. The maximum Gasteiger partial charge on any atom is 0.254 e.